The zero-order valence-corrected chi connectivity index (χ0v) is 21.3. The van der Waals surface area contributed by atoms with Gasteiger partial charge in [-0.05, 0) is 97.9 Å². The summed E-state index contributed by atoms with van der Waals surface area (Å²) in [5.41, 5.74) is 5.62. The van der Waals surface area contributed by atoms with Gasteiger partial charge in [0.25, 0.3) is 0 Å². The predicted octanol–water partition coefficient (Wildman–Crippen LogP) is 9.97. The first-order chi connectivity index (χ1) is 17.1. The molecule has 3 aromatic rings. The van der Waals surface area contributed by atoms with Crippen LogP contribution in [0.4, 0.5) is 4.39 Å². The summed E-state index contributed by atoms with van der Waals surface area (Å²) in [5.74, 6) is 1.72. The van der Waals surface area contributed by atoms with Gasteiger partial charge in [0.1, 0.15) is 5.82 Å². The number of benzene rings is 3. The highest BCUT2D eigenvalue weighted by molar-refractivity contribution is 5.70. The lowest BCUT2D eigenvalue weighted by atomic mass is 9.77. The predicted molar refractivity (Wildman–Crippen MR) is 149 cm³/mol. The fourth-order valence-corrected chi connectivity index (χ4v) is 5.42. The van der Waals surface area contributed by atoms with Crippen molar-refractivity contribution < 1.29 is 4.39 Å². The van der Waals surface area contributed by atoms with Crippen LogP contribution in [0.15, 0.2) is 84.9 Å². The molecule has 0 amide bonds. The molecular weight excluding hydrogens is 427 g/mol. The van der Waals surface area contributed by atoms with Crippen molar-refractivity contribution in [1.82, 2.24) is 0 Å². The fraction of sp³-hybridized carbons (Fsp3) is 0.353. The van der Waals surface area contributed by atoms with Crippen LogP contribution in [0.2, 0.25) is 0 Å². The van der Waals surface area contributed by atoms with Gasteiger partial charge < -0.3 is 0 Å². The smallest absolute Gasteiger partial charge is 0.130 e. The van der Waals surface area contributed by atoms with E-state index in [4.69, 9.17) is 0 Å². The number of allylic oxidation sites excluding steroid dienone is 2. The highest BCUT2D eigenvalue weighted by Crippen LogP contribution is 2.38. The van der Waals surface area contributed by atoms with Crippen molar-refractivity contribution in [2.45, 2.75) is 70.6 Å². The lowest BCUT2D eigenvalue weighted by molar-refractivity contribution is 0.311. The highest BCUT2D eigenvalue weighted by Gasteiger charge is 2.22. The topological polar surface area (TPSA) is 0 Å². The molecule has 0 unspecified atom stereocenters. The standard InChI is InChI=1S/C34H39F/c1-3-4-6-9-27-16-19-31(20-17-27)33-23-22-32(34(35)25-33)21-18-28-12-14-29(15-13-28)24-26(2)30-10-7-5-8-11-30/h3-5,7-8,10-15,18,21-23,25-27,31H,6,9,16-17,19-20,24H2,1-2H3/b4-3+,21-18?/t26-,27?,31?/m0/s1. The first-order valence-electron chi connectivity index (χ1n) is 13.3. The molecule has 1 aliphatic rings. The first-order valence-corrected chi connectivity index (χ1v) is 13.3. The lowest BCUT2D eigenvalue weighted by Gasteiger charge is -2.28. The molecule has 4 rings (SSSR count). The van der Waals surface area contributed by atoms with Crippen LogP contribution in [0.1, 0.15) is 92.0 Å². The molecule has 0 heterocycles. The summed E-state index contributed by atoms with van der Waals surface area (Å²) in [6.07, 6.45) is 16.7. The highest BCUT2D eigenvalue weighted by atomic mass is 19.1. The minimum Gasteiger partial charge on any atom is -0.206 e. The molecule has 1 heteroatoms. The Bertz CT molecular complexity index is 1100. The Hall–Kier alpha value is -2.93. The second-order valence-electron chi connectivity index (χ2n) is 10.2. The van der Waals surface area contributed by atoms with E-state index in [1.165, 1.54) is 55.2 Å². The molecule has 0 saturated heterocycles. The molecule has 0 radical (unpaired) electrons. The summed E-state index contributed by atoms with van der Waals surface area (Å²) in [4.78, 5) is 0. The molecule has 3 aromatic carbocycles. The van der Waals surface area contributed by atoms with Gasteiger partial charge in [0.2, 0.25) is 0 Å². The van der Waals surface area contributed by atoms with Crippen molar-refractivity contribution in [2.24, 2.45) is 5.92 Å². The van der Waals surface area contributed by atoms with E-state index in [9.17, 15) is 4.39 Å². The van der Waals surface area contributed by atoms with Crippen LogP contribution in [-0.4, -0.2) is 0 Å². The largest absolute Gasteiger partial charge is 0.206 e. The second-order valence-corrected chi connectivity index (χ2v) is 10.2. The SMILES string of the molecule is C/C=C/CCC1CCC(c2ccc(C=Cc3ccc(C[C@H](C)c4ccccc4)cc3)c(F)c2)CC1. The number of hydrogen-bond donors (Lipinski definition) is 0. The van der Waals surface area contributed by atoms with Crippen molar-refractivity contribution in [3.05, 3.63) is 119 Å². The number of halogens is 1. The van der Waals surface area contributed by atoms with E-state index >= 15 is 0 Å². The Kier molecular flexibility index (Phi) is 9.12. The molecular formula is C34H39F. The molecule has 35 heavy (non-hydrogen) atoms. The van der Waals surface area contributed by atoms with Crippen molar-refractivity contribution in [3.63, 3.8) is 0 Å². The van der Waals surface area contributed by atoms with E-state index in [1.807, 2.05) is 18.2 Å². The van der Waals surface area contributed by atoms with Gasteiger partial charge in [0, 0.05) is 5.56 Å². The van der Waals surface area contributed by atoms with E-state index < -0.39 is 0 Å². The van der Waals surface area contributed by atoms with Gasteiger partial charge in [-0.2, -0.15) is 0 Å². The van der Waals surface area contributed by atoms with E-state index in [0.717, 1.165) is 17.9 Å². The average Bonchev–Trinajstić information content (AvgIpc) is 2.90. The van der Waals surface area contributed by atoms with Gasteiger partial charge in [0.05, 0.1) is 0 Å². The van der Waals surface area contributed by atoms with Gasteiger partial charge in [0.15, 0.2) is 0 Å². The van der Waals surface area contributed by atoms with E-state index in [-0.39, 0.29) is 5.82 Å². The Labute approximate surface area is 211 Å². The Balaban J connectivity index is 1.31. The van der Waals surface area contributed by atoms with Crippen LogP contribution in [0.25, 0.3) is 12.2 Å². The normalized spacial score (nSPS) is 19.4. The fourth-order valence-electron chi connectivity index (χ4n) is 5.42. The van der Waals surface area contributed by atoms with Crippen molar-refractivity contribution >= 4 is 12.2 Å². The van der Waals surface area contributed by atoms with Crippen LogP contribution in [0.3, 0.4) is 0 Å². The zero-order valence-electron chi connectivity index (χ0n) is 21.3. The first kappa shape index (κ1) is 25.2. The van der Waals surface area contributed by atoms with Crippen LogP contribution >= 0.6 is 0 Å². The lowest BCUT2D eigenvalue weighted by Crippen LogP contribution is -2.13. The third-order valence-electron chi connectivity index (χ3n) is 7.67. The van der Waals surface area contributed by atoms with Gasteiger partial charge in [-0.1, -0.05) is 98.0 Å². The summed E-state index contributed by atoms with van der Waals surface area (Å²) in [6.45, 7) is 4.36. The van der Waals surface area contributed by atoms with Crippen LogP contribution < -0.4 is 0 Å². The van der Waals surface area contributed by atoms with Gasteiger partial charge in [-0.25, -0.2) is 4.39 Å². The maximum absolute atomic E-state index is 14.9. The molecule has 0 N–H and O–H groups in total. The van der Waals surface area contributed by atoms with Crippen molar-refractivity contribution in [2.75, 3.05) is 0 Å². The molecule has 0 aliphatic heterocycles. The molecule has 0 aromatic heterocycles. The van der Waals surface area contributed by atoms with Gasteiger partial charge in [-0.3, -0.25) is 0 Å². The number of rotatable bonds is 9. The maximum atomic E-state index is 14.9. The van der Waals surface area contributed by atoms with Gasteiger partial charge >= 0.3 is 0 Å². The molecule has 182 valence electrons. The van der Waals surface area contributed by atoms with Gasteiger partial charge in [-0.15, -0.1) is 0 Å². The Morgan fingerprint density at radius 1 is 0.886 bits per heavy atom. The molecule has 1 saturated carbocycles. The second kappa shape index (κ2) is 12.7. The average molecular weight is 467 g/mol. The summed E-state index contributed by atoms with van der Waals surface area (Å²) in [5, 5.41) is 0. The quantitative estimate of drug-likeness (QED) is 0.217. The third kappa shape index (κ3) is 7.28. The molecule has 1 atom stereocenters. The minimum absolute atomic E-state index is 0.109. The number of hydrogen-bond acceptors (Lipinski definition) is 0. The summed E-state index contributed by atoms with van der Waals surface area (Å²) >= 11 is 0. The van der Waals surface area contributed by atoms with Crippen LogP contribution in [-0.2, 0) is 6.42 Å². The molecule has 1 aliphatic carbocycles. The molecule has 0 spiro atoms. The summed E-state index contributed by atoms with van der Waals surface area (Å²) < 4.78 is 14.9. The molecule has 0 bridgehead atoms. The van der Waals surface area contributed by atoms with Crippen LogP contribution in [0, 0.1) is 11.7 Å². The third-order valence-corrected chi connectivity index (χ3v) is 7.67. The molecule has 0 nitrogen and oxygen atoms in total. The minimum atomic E-state index is -0.109. The summed E-state index contributed by atoms with van der Waals surface area (Å²) in [6, 6.07) is 25.2. The zero-order chi connectivity index (χ0) is 24.5. The van der Waals surface area contributed by atoms with Crippen LogP contribution in [0.5, 0.6) is 0 Å². The Morgan fingerprint density at radius 2 is 1.63 bits per heavy atom. The van der Waals surface area contributed by atoms with Crippen molar-refractivity contribution in [3.8, 4) is 0 Å². The maximum Gasteiger partial charge on any atom is 0.130 e. The van der Waals surface area contributed by atoms with E-state index in [1.54, 1.807) is 6.07 Å². The van der Waals surface area contributed by atoms with Crippen molar-refractivity contribution in [1.29, 1.82) is 0 Å². The van der Waals surface area contributed by atoms with E-state index in [0.29, 0.717) is 17.4 Å². The summed E-state index contributed by atoms with van der Waals surface area (Å²) in [7, 11) is 0. The Morgan fingerprint density at radius 3 is 2.31 bits per heavy atom. The molecule has 1 fully saturated rings. The monoisotopic (exact) mass is 466 g/mol. The van der Waals surface area contributed by atoms with E-state index in [2.05, 4.69) is 86.7 Å².